The van der Waals surface area contributed by atoms with Crippen LogP contribution in [0.25, 0.3) is 11.4 Å². The molecule has 1 amide bonds. The molecule has 3 rings (SSSR count). The highest BCUT2D eigenvalue weighted by Gasteiger charge is 2.18. The zero-order valence-corrected chi connectivity index (χ0v) is 16.2. The summed E-state index contributed by atoms with van der Waals surface area (Å²) in [6, 6.07) is 15.3. The molecule has 1 atom stereocenters. The molecule has 0 radical (unpaired) electrons. The van der Waals surface area contributed by atoms with E-state index in [0.717, 1.165) is 29.1 Å². The Morgan fingerprint density at radius 1 is 1.04 bits per heavy atom. The van der Waals surface area contributed by atoms with Crippen molar-refractivity contribution in [2.75, 3.05) is 7.05 Å². The van der Waals surface area contributed by atoms with E-state index in [-0.39, 0.29) is 11.9 Å². The molecule has 0 bridgehead atoms. The van der Waals surface area contributed by atoms with E-state index in [9.17, 15) is 4.79 Å². The molecule has 0 saturated heterocycles. The first-order valence-electron chi connectivity index (χ1n) is 9.04. The van der Waals surface area contributed by atoms with E-state index in [2.05, 4.69) is 15.0 Å². The number of benzene rings is 1. The Labute approximate surface area is 160 Å². The topological polar surface area (TPSA) is 59.0 Å². The highest BCUT2D eigenvalue weighted by Crippen LogP contribution is 2.18. The van der Waals surface area contributed by atoms with Gasteiger partial charge in [0.05, 0.1) is 0 Å². The highest BCUT2D eigenvalue weighted by atomic mass is 16.2. The van der Waals surface area contributed by atoms with Gasteiger partial charge in [-0.05, 0) is 51.1 Å². The summed E-state index contributed by atoms with van der Waals surface area (Å²) < 4.78 is 0. The van der Waals surface area contributed by atoms with Gasteiger partial charge in [-0.2, -0.15) is 0 Å². The van der Waals surface area contributed by atoms with Crippen molar-refractivity contribution in [2.45, 2.75) is 33.2 Å². The molecule has 5 nitrogen and oxygen atoms in total. The van der Waals surface area contributed by atoms with Crippen molar-refractivity contribution < 1.29 is 4.79 Å². The Bertz CT molecular complexity index is 903. The van der Waals surface area contributed by atoms with Gasteiger partial charge < -0.3 is 4.90 Å². The van der Waals surface area contributed by atoms with Gasteiger partial charge in [-0.1, -0.05) is 18.2 Å². The molecule has 0 saturated carbocycles. The minimum atomic E-state index is -0.00803. The van der Waals surface area contributed by atoms with Gasteiger partial charge in [0.25, 0.3) is 5.91 Å². The van der Waals surface area contributed by atoms with Gasteiger partial charge in [0, 0.05) is 53.9 Å². The molecule has 27 heavy (non-hydrogen) atoms. The Balaban J connectivity index is 1.73. The zero-order chi connectivity index (χ0) is 19.4. The molecule has 0 aliphatic rings. The van der Waals surface area contributed by atoms with Crippen LogP contribution in [-0.2, 0) is 6.42 Å². The Morgan fingerprint density at radius 3 is 2.30 bits per heavy atom. The van der Waals surface area contributed by atoms with Gasteiger partial charge in [0.15, 0.2) is 5.82 Å². The summed E-state index contributed by atoms with van der Waals surface area (Å²) in [6.45, 7) is 5.94. The van der Waals surface area contributed by atoms with E-state index in [1.54, 1.807) is 11.1 Å². The van der Waals surface area contributed by atoms with E-state index in [4.69, 9.17) is 0 Å². The lowest BCUT2D eigenvalue weighted by Gasteiger charge is -2.25. The van der Waals surface area contributed by atoms with Crippen LogP contribution in [0.2, 0.25) is 0 Å². The average Bonchev–Trinajstić information content (AvgIpc) is 2.67. The standard InChI is InChI=1S/C22H24N4O/c1-15-13-16(2)25-21(24-15)18-8-10-19(11-9-18)22(27)26(4)17(3)14-20-7-5-6-12-23-20/h5-13,17H,14H2,1-4H3/t17-/m1/s1. The molecular weight excluding hydrogens is 336 g/mol. The first kappa shape index (κ1) is 18.7. The number of hydrogen-bond donors (Lipinski definition) is 0. The Hall–Kier alpha value is -3.08. The predicted molar refractivity (Wildman–Crippen MR) is 106 cm³/mol. The molecule has 0 fully saturated rings. The van der Waals surface area contributed by atoms with Crippen molar-refractivity contribution in [3.63, 3.8) is 0 Å². The van der Waals surface area contributed by atoms with Crippen molar-refractivity contribution in [2.24, 2.45) is 0 Å². The van der Waals surface area contributed by atoms with Crippen molar-refractivity contribution in [3.05, 3.63) is 77.4 Å². The van der Waals surface area contributed by atoms with Crippen molar-refractivity contribution in [1.29, 1.82) is 0 Å². The highest BCUT2D eigenvalue weighted by molar-refractivity contribution is 5.94. The number of carbonyl (C=O) groups excluding carboxylic acids is 1. The molecule has 0 spiro atoms. The summed E-state index contributed by atoms with van der Waals surface area (Å²) >= 11 is 0. The Kier molecular flexibility index (Phi) is 5.60. The van der Waals surface area contributed by atoms with E-state index in [1.165, 1.54) is 0 Å². The minimum absolute atomic E-state index is 0.00803. The number of nitrogens with zero attached hydrogens (tertiary/aromatic N) is 4. The largest absolute Gasteiger partial charge is 0.339 e. The molecule has 0 unspecified atom stereocenters. The van der Waals surface area contributed by atoms with Crippen LogP contribution in [-0.4, -0.2) is 38.8 Å². The summed E-state index contributed by atoms with van der Waals surface area (Å²) in [4.78, 5) is 27.9. The van der Waals surface area contributed by atoms with E-state index in [1.807, 2.05) is 76.3 Å². The van der Waals surface area contributed by atoms with Gasteiger partial charge >= 0.3 is 0 Å². The number of carbonyl (C=O) groups is 1. The molecular formula is C22H24N4O. The number of pyridine rings is 1. The fraction of sp³-hybridized carbons (Fsp3) is 0.273. The lowest BCUT2D eigenvalue weighted by Crippen LogP contribution is -2.36. The second-order valence-electron chi connectivity index (χ2n) is 6.84. The van der Waals surface area contributed by atoms with Gasteiger partial charge in [0.1, 0.15) is 0 Å². The van der Waals surface area contributed by atoms with Crippen LogP contribution in [0.5, 0.6) is 0 Å². The van der Waals surface area contributed by atoms with Gasteiger partial charge in [-0.15, -0.1) is 0 Å². The molecule has 0 N–H and O–H groups in total. The molecule has 3 aromatic rings. The number of aromatic nitrogens is 3. The first-order chi connectivity index (χ1) is 12.9. The van der Waals surface area contributed by atoms with Crippen molar-refractivity contribution in [1.82, 2.24) is 19.9 Å². The maximum absolute atomic E-state index is 12.8. The van der Waals surface area contributed by atoms with Crippen LogP contribution in [0.1, 0.15) is 34.4 Å². The monoisotopic (exact) mass is 360 g/mol. The second kappa shape index (κ2) is 8.08. The third-order valence-electron chi connectivity index (χ3n) is 4.58. The van der Waals surface area contributed by atoms with Crippen LogP contribution in [0, 0.1) is 13.8 Å². The van der Waals surface area contributed by atoms with Gasteiger partial charge in [0.2, 0.25) is 0 Å². The third-order valence-corrected chi connectivity index (χ3v) is 4.58. The average molecular weight is 360 g/mol. The lowest BCUT2D eigenvalue weighted by molar-refractivity contribution is 0.0743. The number of rotatable bonds is 5. The number of likely N-dealkylation sites (N-methyl/N-ethyl adjacent to an activating group) is 1. The first-order valence-corrected chi connectivity index (χ1v) is 9.04. The number of hydrogen-bond acceptors (Lipinski definition) is 4. The Morgan fingerprint density at radius 2 is 1.70 bits per heavy atom. The van der Waals surface area contributed by atoms with Crippen LogP contribution in [0.15, 0.2) is 54.7 Å². The van der Waals surface area contributed by atoms with Crippen LogP contribution in [0.4, 0.5) is 0 Å². The summed E-state index contributed by atoms with van der Waals surface area (Å²) in [5, 5.41) is 0. The molecule has 5 heteroatoms. The quantitative estimate of drug-likeness (QED) is 0.693. The molecule has 0 aliphatic carbocycles. The summed E-state index contributed by atoms with van der Waals surface area (Å²) in [5.74, 6) is 0.676. The molecule has 1 aromatic carbocycles. The van der Waals surface area contributed by atoms with E-state index < -0.39 is 0 Å². The molecule has 0 aliphatic heterocycles. The molecule has 2 aromatic heterocycles. The number of aryl methyl sites for hydroxylation is 2. The fourth-order valence-electron chi connectivity index (χ4n) is 2.98. The van der Waals surface area contributed by atoms with Gasteiger partial charge in [-0.3, -0.25) is 9.78 Å². The van der Waals surface area contributed by atoms with Crippen molar-refractivity contribution in [3.8, 4) is 11.4 Å². The summed E-state index contributed by atoms with van der Waals surface area (Å²) in [5.41, 5.74) is 4.40. The maximum Gasteiger partial charge on any atom is 0.253 e. The molecule has 2 heterocycles. The molecule has 138 valence electrons. The fourth-order valence-corrected chi connectivity index (χ4v) is 2.98. The van der Waals surface area contributed by atoms with E-state index >= 15 is 0 Å². The second-order valence-corrected chi connectivity index (χ2v) is 6.84. The third kappa shape index (κ3) is 4.56. The van der Waals surface area contributed by atoms with Crippen LogP contribution < -0.4 is 0 Å². The predicted octanol–water partition coefficient (Wildman–Crippen LogP) is 3.86. The summed E-state index contributed by atoms with van der Waals surface area (Å²) in [6.07, 6.45) is 2.50. The SMILES string of the molecule is Cc1cc(C)nc(-c2ccc(C(=O)N(C)[C@H](C)Cc3ccccn3)cc2)n1. The summed E-state index contributed by atoms with van der Waals surface area (Å²) in [7, 11) is 1.83. The normalized spacial score (nSPS) is 11.9. The lowest BCUT2D eigenvalue weighted by atomic mass is 10.1. The van der Waals surface area contributed by atoms with Crippen LogP contribution in [0.3, 0.4) is 0 Å². The zero-order valence-electron chi connectivity index (χ0n) is 16.2. The minimum Gasteiger partial charge on any atom is -0.339 e. The van der Waals surface area contributed by atoms with Gasteiger partial charge in [-0.25, -0.2) is 9.97 Å². The van der Waals surface area contributed by atoms with Crippen LogP contribution >= 0.6 is 0 Å². The maximum atomic E-state index is 12.8. The van der Waals surface area contributed by atoms with Crippen molar-refractivity contribution >= 4 is 5.91 Å². The smallest absolute Gasteiger partial charge is 0.253 e. The van der Waals surface area contributed by atoms with E-state index in [0.29, 0.717) is 11.4 Å². The number of amides is 1.